The zero-order chi connectivity index (χ0) is 22.5. The molecule has 0 aliphatic heterocycles. The van der Waals surface area contributed by atoms with Crippen molar-refractivity contribution < 1.29 is 19.5 Å². The lowest BCUT2D eigenvalue weighted by Crippen LogP contribution is -2.30. The lowest BCUT2D eigenvalue weighted by molar-refractivity contribution is -0.124. The Balaban J connectivity index is 1.86. The van der Waals surface area contributed by atoms with Gasteiger partial charge in [-0.15, -0.1) is 0 Å². The lowest BCUT2D eigenvalue weighted by Gasteiger charge is -2.14. The molecule has 0 aliphatic rings. The highest BCUT2D eigenvalue weighted by atomic mass is 35.5. The molecule has 158 valence electrons. The number of carboxylic acid groups (broad SMARTS) is 1. The maximum atomic E-state index is 12.5. The van der Waals surface area contributed by atoms with Crippen LogP contribution in [0.2, 0.25) is 5.02 Å². The van der Waals surface area contributed by atoms with Gasteiger partial charge in [0, 0.05) is 19.8 Å². The van der Waals surface area contributed by atoms with Gasteiger partial charge in [-0.3, -0.25) is 9.59 Å². The van der Waals surface area contributed by atoms with E-state index in [4.69, 9.17) is 16.7 Å². The Kier molecular flexibility index (Phi) is 6.46. The van der Waals surface area contributed by atoms with E-state index in [1.807, 2.05) is 0 Å². The van der Waals surface area contributed by atoms with Gasteiger partial charge >= 0.3 is 5.97 Å². The number of nitrogens with zero attached hydrogens (tertiary/aromatic N) is 3. The molecule has 9 nitrogen and oxygen atoms in total. The average Bonchev–Trinajstić information content (AvgIpc) is 2.75. The van der Waals surface area contributed by atoms with E-state index in [0.29, 0.717) is 11.4 Å². The molecule has 0 bridgehead atoms. The van der Waals surface area contributed by atoms with E-state index in [0.717, 1.165) is 0 Å². The molecule has 10 heteroatoms. The summed E-state index contributed by atoms with van der Waals surface area (Å²) in [6, 6.07) is 12.6. The summed E-state index contributed by atoms with van der Waals surface area (Å²) < 4.78 is 0. The minimum atomic E-state index is -1.03. The van der Waals surface area contributed by atoms with Crippen molar-refractivity contribution in [3.05, 3.63) is 70.9 Å². The third-order valence-electron chi connectivity index (χ3n) is 4.16. The van der Waals surface area contributed by atoms with Crippen LogP contribution in [0.3, 0.4) is 0 Å². The van der Waals surface area contributed by atoms with E-state index < -0.39 is 17.7 Å². The number of benzene rings is 2. The van der Waals surface area contributed by atoms with Gasteiger partial charge in [0.2, 0.25) is 5.95 Å². The number of carboxylic acids is 1. The van der Waals surface area contributed by atoms with Crippen molar-refractivity contribution in [3.63, 3.8) is 0 Å². The molecule has 0 radical (unpaired) electrons. The van der Waals surface area contributed by atoms with Gasteiger partial charge in [0.25, 0.3) is 11.7 Å². The Bertz CT molecular complexity index is 1150. The van der Waals surface area contributed by atoms with Crippen molar-refractivity contribution in [1.29, 1.82) is 0 Å². The highest BCUT2D eigenvalue weighted by Crippen LogP contribution is 2.27. The van der Waals surface area contributed by atoms with Gasteiger partial charge in [0.15, 0.2) is 5.82 Å². The van der Waals surface area contributed by atoms with E-state index in [2.05, 4.69) is 20.6 Å². The number of amides is 1. The van der Waals surface area contributed by atoms with Crippen molar-refractivity contribution in [1.82, 2.24) is 14.9 Å². The molecule has 0 saturated heterocycles. The van der Waals surface area contributed by atoms with E-state index in [-0.39, 0.29) is 27.9 Å². The van der Waals surface area contributed by atoms with Gasteiger partial charge in [-0.05, 0) is 36.4 Å². The van der Waals surface area contributed by atoms with Crippen molar-refractivity contribution in [2.45, 2.75) is 0 Å². The maximum absolute atomic E-state index is 12.5. The second-order valence-corrected chi connectivity index (χ2v) is 7.00. The Labute approximate surface area is 182 Å². The molecule has 0 saturated carbocycles. The number of likely N-dealkylation sites (N-methyl/N-ethyl adjacent to an activating group) is 1. The number of Topliss-reactive ketones (excluding diaryl/α,β-unsaturated/α-hetero) is 1. The maximum Gasteiger partial charge on any atom is 0.335 e. The fourth-order valence-electron chi connectivity index (χ4n) is 2.58. The molecule has 0 atom stereocenters. The van der Waals surface area contributed by atoms with Gasteiger partial charge < -0.3 is 20.6 Å². The summed E-state index contributed by atoms with van der Waals surface area (Å²) in [6.07, 6.45) is 1.38. The Hall–Kier alpha value is -3.98. The number of aromatic carboxylic acids is 1. The molecule has 1 amide bonds. The first kappa shape index (κ1) is 21.7. The van der Waals surface area contributed by atoms with Crippen LogP contribution in [0.4, 0.5) is 23.1 Å². The predicted molar refractivity (Wildman–Crippen MR) is 116 cm³/mol. The van der Waals surface area contributed by atoms with Crippen LogP contribution in [0.5, 0.6) is 0 Å². The second kappa shape index (κ2) is 9.23. The van der Waals surface area contributed by atoms with Crippen LogP contribution in [0.15, 0.2) is 54.7 Å². The third kappa shape index (κ3) is 5.14. The van der Waals surface area contributed by atoms with Gasteiger partial charge in [0.05, 0.1) is 23.0 Å². The minimum Gasteiger partial charge on any atom is -0.478 e. The summed E-state index contributed by atoms with van der Waals surface area (Å²) in [5.74, 6) is -1.94. The summed E-state index contributed by atoms with van der Waals surface area (Å²) in [6.45, 7) is 0. The average molecular weight is 440 g/mol. The SMILES string of the molecule is CN(C)C(=O)C(=O)c1ccccc1Nc1nc(Nc2ccc(C(=O)O)cc2)ncc1Cl. The molecule has 1 heterocycles. The third-order valence-corrected chi connectivity index (χ3v) is 4.43. The van der Waals surface area contributed by atoms with Crippen molar-refractivity contribution in [3.8, 4) is 0 Å². The largest absolute Gasteiger partial charge is 0.478 e. The zero-order valence-electron chi connectivity index (χ0n) is 16.6. The zero-order valence-corrected chi connectivity index (χ0v) is 17.3. The number of anilines is 4. The topological polar surface area (TPSA) is 125 Å². The van der Waals surface area contributed by atoms with Gasteiger partial charge in [-0.1, -0.05) is 23.7 Å². The molecule has 1 aromatic heterocycles. The second-order valence-electron chi connectivity index (χ2n) is 6.60. The van der Waals surface area contributed by atoms with E-state index in [1.54, 1.807) is 30.3 Å². The number of halogens is 1. The first-order valence-electron chi connectivity index (χ1n) is 9.01. The quantitative estimate of drug-likeness (QED) is 0.377. The summed E-state index contributed by atoms with van der Waals surface area (Å²) in [4.78, 5) is 45.2. The standard InChI is InChI=1S/C21H18ClN5O4/c1-27(2)19(29)17(28)14-5-3-4-6-16(14)25-18-15(22)11-23-21(26-18)24-13-9-7-12(8-10-13)20(30)31/h3-11H,1-2H3,(H,30,31)(H2,23,24,25,26). The summed E-state index contributed by atoms with van der Waals surface area (Å²) in [7, 11) is 3.00. The van der Waals surface area contributed by atoms with Crippen LogP contribution in [0.1, 0.15) is 20.7 Å². The Morgan fingerprint density at radius 1 is 1.00 bits per heavy atom. The molecular formula is C21H18ClN5O4. The van der Waals surface area contributed by atoms with Crippen LogP contribution in [-0.4, -0.2) is 51.7 Å². The van der Waals surface area contributed by atoms with E-state index >= 15 is 0 Å². The molecular weight excluding hydrogens is 422 g/mol. The van der Waals surface area contributed by atoms with Crippen LogP contribution in [-0.2, 0) is 4.79 Å². The van der Waals surface area contributed by atoms with Crippen LogP contribution in [0, 0.1) is 0 Å². The number of nitrogens with one attached hydrogen (secondary N) is 2. The summed E-state index contributed by atoms with van der Waals surface area (Å²) in [5.41, 5.74) is 1.26. The number of para-hydroxylation sites is 1. The molecule has 0 fully saturated rings. The van der Waals surface area contributed by atoms with Gasteiger partial charge in [-0.25, -0.2) is 9.78 Å². The molecule has 3 N–H and O–H groups in total. The normalized spacial score (nSPS) is 10.3. The smallest absolute Gasteiger partial charge is 0.335 e. The number of aromatic nitrogens is 2. The minimum absolute atomic E-state index is 0.151. The molecule has 3 rings (SSSR count). The van der Waals surface area contributed by atoms with E-state index in [9.17, 15) is 14.4 Å². The van der Waals surface area contributed by atoms with Gasteiger partial charge in [-0.2, -0.15) is 4.98 Å². The van der Waals surface area contributed by atoms with Crippen molar-refractivity contribution in [2.24, 2.45) is 0 Å². The summed E-state index contributed by atoms with van der Waals surface area (Å²) >= 11 is 6.21. The monoisotopic (exact) mass is 439 g/mol. The molecule has 0 aliphatic carbocycles. The molecule has 31 heavy (non-hydrogen) atoms. The van der Waals surface area contributed by atoms with Crippen molar-refractivity contribution >= 4 is 52.4 Å². The lowest BCUT2D eigenvalue weighted by atomic mass is 10.1. The fourth-order valence-corrected chi connectivity index (χ4v) is 2.71. The highest BCUT2D eigenvalue weighted by Gasteiger charge is 2.21. The molecule has 0 unspecified atom stereocenters. The van der Waals surface area contributed by atoms with Gasteiger partial charge in [0.1, 0.15) is 5.02 Å². The van der Waals surface area contributed by atoms with E-state index in [1.165, 1.54) is 43.4 Å². The molecule has 0 spiro atoms. The highest BCUT2D eigenvalue weighted by molar-refractivity contribution is 6.43. The Morgan fingerprint density at radius 2 is 1.68 bits per heavy atom. The molecule has 2 aromatic carbocycles. The summed E-state index contributed by atoms with van der Waals surface area (Å²) in [5, 5.41) is 15.1. The van der Waals surface area contributed by atoms with Crippen LogP contribution >= 0.6 is 11.6 Å². The molecule has 3 aromatic rings. The number of carbonyl (C=O) groups is 3. The number of hydrogen-bond donors (Lipinski definition) is 3. The van der Waals surface area contributed by atoms with Crippen LogP contribution in [0.25, 0.3) is 0 Å². The number of rotatable bonds is 7. The van der Waals surface area contributed by atoms with Crippen molar-refractivity contribution in [2.75, 3.05) is 24.7 Å². The first-order chi connectivity index (χ1) is 14.8. The number of hydrogen-bond acceptors (Lipinski definition) is 7. The number of carbonyl (C=O) groups excluding carboxylic acids is 2. The van der Waals surface area contributed by atoms with Crippen LogP contribution < -0.4 is 10.6 Å². The fraction of sp³-hybridized carbons (Fsp3) is 0.0952. The first-order valence-corrected chi connectivity index (χ1v) is 9.39. The Morgan fingerprint density at radius 3 is 2.32 bits per heavy atom. The predicted octanol–water partition coefficient (Wildman–Crippen LogP) is 3.59. The number of ketones is 1.